The van der Waals surface area contributed by atoms with E-state index in [1.165, 1.54) is 6.92 Å². The van der Waals surface area contributed by atoms with Gasteiger partial charge >= 0.3 is 17.9 Å². The number of hydrogen-bond donors (Lipinski definition) is 19. The Hall–Kier alpha value is -10.6. The summed E-state index contributed by atoms with van der Waals surface area (Å²) in [7, 11) is 0. The number of halogens is 3. The van der Waals surface area contributed by atoms with Crippen molar-refractivity contribution in [2.24, 2.45) is 34.6 Å². The second-order valence-corrected chi connectivity index (χ2v) is 27.1. The number of rotatable bonds is 53. The van der Waals surface area contributed by atoms with Crippen LogP contribution in [0.1, 0.15) is 145 Å². The number of nitrogens with two attached hydrogens (primary N) is 5. The quantitative estimate of drug-likeness (QED) is 0.0213. The minimum atomic E-state index is -2.26. The van der Waals surface area contributed by atoms with Crippen molar-refractivity contribution < 1.29 is 95.9 Å². The van der Waals surface area contributed by atoms with Crippen molar-refractivity contribution in [1.82, 2.24) is 53.2 Å². The third-order valence-electron chi connectivity index (χ3n) is 18.4. The summed E-state index contributed by atoms with van der Waals surface area (Å²) in [6.07, 6.45) is -1.84. The third kappa shape index (κ3) is 32.8. The van der Waals surface area contributed by atoms with Gasteiger partial charge in [-0.1, -0.05) is 118 Å². The fourth-order valence-electron chi connectivity index (χ4n) is 11.8. The van der Waals surface area contributed by atoms with Gasteiger partial charge in [-0.25, -0.2) is 13.6 Å². The van der Waals surface area contributed by atoms with Crippen molar-refractivity contribution in [3.05, 3.63) is 137 Å². The molecule has 0 bridgehead atoms. The molecule has 0 aliphatic rings. The normalized spacial score (nSPS) is 14.4. The number of benzene rings is 4. The van der Waals surface area contributed by atoms with Crippen LogP contribution in [0, 0.1) is 23.4 Å². The van der Waals surface area contributed by atoms with Crippen molar-refractivity contribution >= 4 is 77.0 Å². The van der Waals surface area contributed by atoms with Crippen LogP contribution < -0.4 is 81.8 Å². The van der Waals surface area contributed by atoms with Crippen LogP contribution in [0.5, 0.6) is 5.75 Å². The summed E-state index contributed by atoms with van der Waals surface area (Å²) < 4.78 is 46.9. The van der Waals surface area contributed by atoms with Gasteiger partial charge in [-0.3, -0.25) is 57.5 Å². The maximum absolute atomic E-state index is 15.9. The van der Waals surface area contributed by atoms with E-state index >= 15 is 18.0 Å². The molecular formula is C76H108F3N15O17. The summed E-state index contributed by atoms with van der Waals surface area (Å²) in [5.41, 5.74) is 29.3. The van der Waals surface area contributed by atoms with Gasteiger partial charge in [0.15, 0.2) is 11.6 Å². The predicted octanol–water partition coefficient (Wildman–Crippen LogP) is 0.632. The van der Waals surface area contributed by atoms with E-state index in [2.05, 4.69) is 53.2 Å². The van der Waals surface area contributed by atoms with E-state index in [0.717, 1.165) is 0 Å². The number of hydrogen-bond acceptors (Lipinski definition) is 19. The average molecular weight is 1560 g/mol. The molecule has 610 valence electrons. The molecule has 0 aliphatic carbocycles. The van der Waals surface area contributed by atoms with E-state index in [0.29, 0.717) is 61.8 Å². The van der Waals surface area contributed by atoms with E-state index in [1.54, 1.807) is 97.9 Å². The van der Waals surface area contributed by atoms with Gasteiger partial charge in [0.25, 0.3) is 0 Å². The van der Waals surface area contributed by atoms with Crippen LogP contribution in [-0.2, 0) is 88.0 Å². The maximum atomic E-state index is 15.9. The topological polar surface area (TPSA) is 553 Å². The molecule has 0 radical (unpaired) electrons. The zero-order valence-corrected chi connectivity index (χ0v) is 62.5. The molecular weight excluding hydrogens is 1450 g/mol. The summed E-state index contributed by atoms with van der Waals surface area (Å²) in [4.78, 5) is 182. The highest BCUT2D eigenvalue weighted by Gasteiger charge is 2.39. The third-order valence-corrected chi connectivity index (χ3v) is 18.4. The molecule has 32 nitrogen and oxygen atoms in total. The van der Waals surface area contributed by atoms with Gasteiger partial charge in [0.1, 0.15) is 66.2 Å². The highest BCUT2D eigenvalue weighted by atomic mass is 19.2. The lowest BCUT2D eigenvalue weighted by atomic mass is 9.96. The molecule has 4 rings (SSSR count). The van der Waals surface area contributed by atoms with Crippen molar-refractivity contribution in [2.75, 3.05) is 26.2 Å². The zero-order chi connectivity index (χ0) is 82.1. The van der Waals surface area contributed by atoms with Crippen LogP contribution in [0.15, 0.2) is 97.1 Å². The first-order chi connectivity index (χ1) is 52.9. The Morgan fingerprint density at radius 3 is 1.02 bits per heavy atom. The van der Waals surface area contributed by atoms with E-state index in [-0.39, 0.29) is 83.5 Å². The van der Waals surface area contributed by atoms with Crippen LogP contribution in [0.25, 0.3) is 0 Å². The lowest BCUT2D eigenvalue weighted by molar-refractivity contribution is -0.142. The molecule has 10 amide bonds. The molecule has 0 aromatic heterocycles. The standard InChI is InChI=1S/C76H108F3N15O17/c1-3-44(2)65(75(109)92-58(42-48-49(77)43-60(95)64(79)63(48)78)74(108)91-56(39-45-21-7-4-8-22-45)72(106)90-57(40-46-23-9-5-10-24-46)73(107)93-59(76(110)111)41-47-25-11-6-12-26-47)94-71(105)55(32-34-62(98)99)89-70(104)54(31-33-61(96)97)88-69(103)53(30-16-20-38-83)87-68(102)52(29-15-19-37-82)86-67(101)51(28-14-18-36-81)85-66(100)50(84)27-13-17-35-80/h4-12,21-26,43-44,50-59,65,95H,3,13-20,27-42,80-84H2,1-2H3,(H,85,100)(H,86,101)(H,87,102)(H,88,103)(H,89,104)(H,90,106)(H,91,108)(H,92,109)(H,93,107)(H,94,105)(H,96,97)(H,98,99)(H,110,111)/t44-,50-,51-,52-,53-,54-,55-,56-,57-,58-,59-,65-/m0/s1. The fraction of sp³-hybridized carbons (Fsp3) is 0.513. The first kappa shape index (κ1) is 92.8. The summed E-state index contributed by atoms with van der Waals surface area (Å²) in [5.74, 6) is -23.2. The second-order valence-electron chi connectivity index (χ2n) is 27.1. The monoisotopic (exact) mass is 1560 g/mol. The summed E-state index contributed by atoms with van der Waals surface area (Å²) in [6.45, 7) is 3.93. The number of carboxylic acids is 3. The molecule has 12 atom stereocenters. The lowest BCUT2D eigenvalue weighted by Crippen LogP contribution is -2.62. The van der Waals surface area contributed by atoms with Gasteiger partial charge in [0, 0.05) is 50.2 Å². The first-order valence-corrected chi connectivity index (χ1v) is 37.2. The molecule has 35 heteroatoms. The summed E-state index contributed by atoms with van der Waals surface area (Å²) >= 11 is 0. The summed E-state index contributed by atoms with van der Waals surface area (Å²) in [5, 5.41) is 65.0. The SMILES string of the molecule is CC[C@H](C)[C@H](NC(=O)[C@H](CCC(=O)O)NC(=O)[C@H](CCC(=O)O)NC(=O)[C@H](CCCCN)NC(=O)[C@H](CCCCN)NC(=O)[C@H](CCCCN)NC(=O)[C@@H](N)CCCCN)C(=O)N[C@@H](Cc1c(F)cc(O)c(F)c1F)C(=O)N[C@@H](Cc1ccccc1)C(=O)N[C@@H](Cc1ccccc1)C(=O)N[C@@H](Cc1ccccc1)C(=O)O. The largest absolute Gasteiger partial charge is 0.505 e. The smallest absolute Gasteiger partial charge is 0.326 e. The van der Waals surface area contributed by atoms with Gasteiger partial charge in [-0.15, -0.1) is 0 Å². The minimum Gasteiger partial charge on any atom is -0.505 e. The molecule has 4 aromatic carbocycles. The zero-order valence-electron chi connectivity index (χ0n) is 62.5. The molecule has 0 fully saturated rings. The predicted molar refractivity (Wildman–Crippen MR) is 402 cm³/mol. The van der Waals surface area contributed by atoms with Gasteiger partial charge in [0.05, 0.1) is 6.04 Å². The van der Waals surface area contributed by atoms with Gasteiger partial charge in [0.2, 0.25) is 64.9 Å². The van der Waals surface area contributed by atoms with E-state index in [1.807, 2.05) is 0 Å². The number of phenolic OH excluding ortho intramolecular Hbond substituents is 1. The molecule has 24 N–H and O–H groups in total. The number of amides is 10. The Morgan fingerprint density at radius 1 is 0.369 bits per heavy atom. The average Bonchev–Trinajstić information content (AvgIpc) is 0.803. The van der Waals surface area contributed by atoms with E-state index < -0.39 is 217 Å². The van der Waals surface area contributed by atoms with Gasteiger partial charge in [-0.05, 0) is 132 Å². The Labute approximate surface area is 642 Å². The number of carboxylic acid groups (broad SMARTS) is 3. The van der Waals surface area contributed by atoms with Crippen molar-refractivity contribution in [2.45, 2.75) is 215 Å². The molecule has 0 heterocycles. The highest BCUT2D eigenvalue weighted by molar-refractivity contribution is 5.99. The Balaban J connectivity index is 1.72. The van der Waals surface area contributed by atoms with Gasteiger partial charge in [-0.2, -0.15) is 4.39 Å². The van der Waals surface area contributed by atoms with Crippen molar-refractivity contribution in [3.63, 3.8) is 0 Å². The molecule has 0 saturated heterocycles. The van der Waals surface area contributed by atoms with Crippen LogP contribution in [0.4, 0.5) is 13.2 Å². The number of aliphatic carboxylic acids is 3. The second kappa shape index (κ2) is 49.5. The number of carbonyl (C=O) groups is 13. The first-order valence-electron chi connectivity index (χ1n) is 37.2. The number of aromatic hydroxyl groups is 1. The minimum absolute atomic E-state index is 0.0108. The van der Waals surface area contributed by atoms with Crippen LogP contribution in [0.3, 0.4) is 0 Å². The lowest BCUT2D eigenvalue weighted by Gasteiger charge is -2.30. The fourth-order valence-corrected chi connectivity index (χ4v) is 11.8. The Bertz CT molecular complexity index is 3710. The van der Waals surface area contributed by atoms with Crippen LogP contribution in [-0.4, -0.2) is 190 Å². The Kier molecular flexibility index (Phi) is 41.4. The maximum Gasteiger partial charge on any atom is 0.326 e. The molecule has 0 unspecified atom stereocenters. The highest BCUT2D eigenvalue weighted by Crippen LogP contribution is 2.26. The molecule has 0 spiro atoms. The molecule has 0 saturated carbocycles. The molecule has 0 aliphatic heterocycles. The number of nitrogens with one attached hydrogen (secondary N) is 10. The van der Waals surface area contributed by atoms with E-state index in [9.17, 15) is 78.0 Å². The molecule has 111 heavy (non-hydrogen) atoms. The number of phenols is 1. The summed E-state index contributed by atoms with van der Waals surface area (Å²) in [6, 6.07) is 6.77. The Morgan fingerprint density at radius 2 is 0.667 bits per heavy atom. The van der Waals surface area contributed by atoms with E-state index in [4.69, 9.17) is 28.7 Å². The van der Waals surface area contributed by atoms with Crippen LogP contribution >= 0.6 is 0 Å². The van der Waals surface area contributed by atoms with Gasteiger partial charge < -0.3 is 102 Å². The van der Waals surface area contributed by atoms with Crippen molar-refractivity contribution in [1.29, 1.82) is 0 Å². The van der Waals surface area contributed by atoms with Crippen LogP contribution in [0.2, 0.25) is 0 Å². The number of carbonyl (C=O) groups excluding carboxylic acids is 10. The van der Waals surface area contributed by atoms with Crippen molar-refractivity contribution in [3.8, 4) is 5.75 Å². The number of unbranched alkanes of at least 4 members (excludes halogenated alkanes) is 4. The molecule has 4 aromatic rings.